The third-order valence-electron chi connectivity index (χ3n) is 3.62. The highest BCUT2D eigenvalue weighted by Crippen LogP contribution is 2.30. The lowest BCUT2D eigenvalue weighted by Crippen LogP contribution is -2.37. The van der Waals surface area contributed by atoms with Crippen LogP contribution in [-0.4, -0.2) is 23.4 Å². The van der Waals surface area contributed by atoms with Crippen LogP contribution >= 0.6 is 11.6 Å². The highest BCUT2D eigenvalue weighted by Gasteiger charge is 2.32. The Balaban J connectivity index is 2.43. The molecule has 0 spiro atoms. The largest absolute Gasteiger partial charge is 0.395 e. The molecule has 2 rings (SSSR count). The van der Waals surface area contributed by atoms with E-state index in [9.17, 15) is 19.0 Å². The van der Waals surface area contributed by atoms with Crippen molar-refractivity contribution in [2.75, 3.05) is 13.2 Å². The van der Waals surface area contributed by atoms with Crippen molar-refractivity contribution in [1.29, 1.82) is 0 Å². The highest BCUT2D eigenvalue weighted by atomic mass is 35.5. The maximum Gasteiger partial charge on any atom is 0.162 e. The van der Waals surface area contributed by atoms with E-state index in [0.717, 1.165) is 6.07 Å². The molecule has 0 unspecified atom stereocenters. The quantitative estimate of drug-likeness (QED) is 0.891. The zero-order valence-corrected chi connectivity index (χ0v) is 11.9. The van der Waals surface area contributed by atoms with E-state index >= 15 is 0 Å². The Morgan fingerprint density at radius 1 is 0.952 bits per heavy atom. The van der Waals surface area contributed by atoms with Crippen LogP contribution in [0.3, 0.4) is 0 Å². The summed E-state index contributed by atoms with van der Waals surface area (Å²) in [6.45, 7) is -0.803. The summed E-state index contributed by atoms with van der Waals surface area (Å²) in [4.78, 5) is 0. The molecule has 0 heterocycles. The van der Waals surface area contributed by atoms with Gasteiger partial charge in [0.25, 0.3) is 0 Å². The molecule has 0 aliphatic heterocycles. The van der Waals surface area contributed by atoms with Gasteiger partial charge in [0.2, 0.25) is 0 Å². The Hall–Kier alpha value is -1.49. The maximum absolute atomic E-state index is 13.8. The molecule has 0 saturated carbocycles. The Labute approximate surface area is 126 Å². The predicted molar refractivity (Wildman–Crippen MR) is 77.4 cm³/mol. The second-order valence-corrected chi connectivity index (χ2v) is 5.43. The molecule has 112 valence electrons. The summed E-state index contributed by atoms with van der Waals surface area (Å²) in [6.07, 6.45) is -0.0226. The third-order valence-corrected chi connectivity index (χ3v) is 3.87. The van der Waals surface area contributed by atoms with Crippen LogP contribution in [-0.2, 0) is 11.8 Å². The normalized spacial score (nSPS) is 11.7. The van der Waals surface area contributed by atoms with E-state index in [2.05, 4.69) is 0 Å². The van der Waals surface area contributed by atoms with E-state index in [1.165, 1.54) is 12.1 Å². The summed E-state index contributed by atoms with van der Waals surface area (Å²) in [5.74, 6) is -1.91. The van der Waals surface area contributed by atoms with Gasteiger partial charge in [-0.05, 0) is 35.7 Å². The number of benzene rings is 2. The molecule has 0 amide bonds. The monoisotopic (exact) mass is 312 g/mol. The van der Waals surface area contributed by atoms with Gasteiger partial charge in [-0.1, -0.05) is 35.9 Å². The van der Waals surface area contributed by atoms with Gasteiger partial charge in [-0.25, -0.2) is 8.78 Å². The van der Waals surface area contributed by atoms with Gasteiger partial charge in [-0.2, -0.15) is 0 Å². The van der Waals surface area contributed by atoms with E-state index in [-0.39, 0.29) is 12.0 Å². The summed E-state index contributed by atoms with van der Waals surface area (Å²) < 4.78 is 27.1. The molecule has 0 aliphatic carbocycles. The molecule has 21 heavy (non-hydrogen) atoms. The SMILES string of the molecule is OCC(CO)(Cc1cccc(F)c1F)c1ccc(Cl)cc1. The molecular weight excluding hydrogens is 298 g/mol. The van der Waals surface area contributed by atoms with Crippen molar-refractivity contribution in [2.45, 2.75) is 11.8 Å². The van der Waals surface area contributed by atoms with E-state index in [4.69, 9.17) is 11.6 Å². The first kappa shape index (κ1) is 15.9. The lowest BCUT2D eigenvalue weighted by atomic mass is 9.76. The van der Waals surface area contributed by atoms with Crippen LogP contribution in [0.25, 0.3) is 0 Å². The molecule has 0 radical (unpaired) electrons. The predicted octanol–water partition coefficient (Wildman–Crippen LogP) is 3.08. The molecule has 0 aliphatic rings. The molecule has 2 N–H and O–H groups in total. The summed E-state index contributed by atoms with van der Waals surface area (Å²) in [7, 11) is 0. The van der Waals surface area contributed by atoms with Gasteiger partial charge in [0.1, 0.15) is 0 Å². The highest BCUT2D eigenvalue weighted by molar-refractivity contribution is 6.30. The fraction of sp³-hybridized carbons (Fsp3) is 0.250. The van der Waals surface area contributed by atoms with Crippen LogP contribution in [0.1, 0.15) is 11.1 Å². The van der Waals surface area contributed by atoms with Crippen molar-refractivity contribution in [2.24, 2.45) is 0 Å². The summed E-state index contributed by atoms with van der Waals surface area (Å²) in [5, 5.41) is 19.9. The first-order chi connectivity index (χ1) is 10.0. The fourth-order valence-electron chi connectivity index (χ4n) is 2.30. The first-order valence-corrected chi connectivity index (χ1v) is 6.81. The minimum atomic E-state index is -1.10. The number of aliphatic hydroxyl groups is 2. The number of aliphatic hydroxyl groups excluding tert-OH is 2. The third kappa shape index (κ3) is 3.23. The fourth-order valence-corrected chi connectivity index (χ4v) is 2.43. The van der Waals surface area contributed by atoms with Crippen molar-refractivity contribution >= 4 is 11.6 Å². The van der Waals surface area contributed by atoms with Gasteiger partial charge in [0, 0.05) is 10.4 Å². The minimum Gasteiger partial charge on any atom is -0.395 e. The zero-order valence-electron chi connectivity index (χ0n) is 11.2. The molecule has 2 aromatic rings. The van der Waals surface area contributed by atoms with Crippen LogP contribution in [0.15, 0.2) is 42.5 Å². The van der Waals surface area contributed by atoms with E-state index < -0.39 is 30.3 Å². The molecule has 2 nitrogen and oxygen atoms in total. The van der Waals surface area contributed by atoms with Gasteiger partial charge in [0.05, 0.1) is 13.2 Å². The number of halogens is 3. The summed E-state index contributed by atoms with van der Waals surface area (Å²) in [6, 6.07) is 10.4. The van der Waals surface area contributed by atoms with E-state index in [0.29, 0.717) is 10.6 Å². The van der Waals surface area contributed by atoms with Crippen molar-refractivity contribution in [3.63, 3.8) is 0 Å². The smallest absolute Gasteiger partial charge is 0.162 e. The van der Waals surface area contributed by atoms with Crippen molar-refractivity contribution < 1.29 is 19.0 Å². The van der Waals surface area contributed by atoms with Gasteiger partial charge in [-0.15, -0.1) is 0 Å². The van der Waals surface area contributed by atoms with Gasteiger partial charge in [-0.3, -0.25) is 0 Å². The summed E-state index contributed by atoms with van der Waals surface area (Å²) >= 11 is 5.82. The standard InChI is InChI=1S/C16H15ClF2O2/c17-13-6-4-12(5-7-13)16(9-20,10-21)8-11-2-1-3-14(18)15(11)19/h1-7,20-21H,8-10H2. The lowest BCUT2D eigenvalue weighted by Gasteiger charge is -2.30. The van der Waals surface area contributed by atoms with Crippen molar-refractivity contribution in [3.8, 4) is 0 Å². The van der Waals surface area contributed by atoms with Crippen LogP contribution in [0.2, 0.25) is 5.02 Å². The summed E-state index contributed by atoms with van der Waals surface area (Å²) in [5.41, 5.74) is -0.382. The maximum atomic E-state index is 13.8. The minimum absolute atomic E-state index is 0.0226. The molecule has 0 aromatic heterocycles. The molecule has 0 fully saturated rings. The zero-order chi connectivity index (χ0) is 15.5. The molecule has 0 bridgehead atoms. The van der Waals surface area contributed by atoms with Crippen molar-refractivity contribution in [3.05, 3.63) is 70.2 Å². The van der Waals surface area contributed by atoms with Gasteiger partial charge >= 0.3 is 0 Å². The molecule has 0 atom stereocenters. The Morgan fingerprint density at radius 3 is 2.14 bits per heavy atom. The Bertz CT molecular complexity index is 610. The average molecular weight is 313 g/mol. The lowest BCUT2D eigenvalue weighted by molar-refractivity contribution is 0.115. The molecular formula is C16H15ClF2O2. The number of rotatable bonds is 5. The topological polar surface area (TPSA) is 40.5 Å². The number of hydrogen-bond acceptors (Lipinski definition) is 2. The molecule has 5 heteroatoms. The Morgan fingerprint density at radius 2 is 1.57 bits per heavy atom. The van der Waals surface area contributed by atoms with E-state index in [1.807, 2.05) is 0 Å². The van der Waals surface area contributed by atoms with Crippen LogP contribution in [0.5, 0.6) is 0 Å². The second-order valence-electron chi connectivity index (χ2n) is 4.99. The first-order valence-electron chi connectivity index (χ1n) is 6.43. The Kier molecular flexibility index (Phi) is 4.93. The van der Waals surface area contributed by atoms with Gasteiger partial charge < -0.3 is 10.2 Å². The number of hydrogen-bond donors (Lipinski definition) is 2. The van der Waals surface area contributed by atoms with Gasteiger partial charge in [0.15, 0.2) is 11.6 Å². The van der Waals surface area contributed by atoms with Crippen molar-refractivity contribution in [1.82, 2.24) is 0 Å². The van der Waals surface area contributed by atoms with Crippen LogP contribution < -0.4 is 0 Å². The van der Waals surface area contributed by atoms with Crippen LogP contribution in [0, 0.1) is 11.6 Å². The van der Waals surface area contributed by atoms with Crippen LogP contribution in [0.4, 0.5) is 8.78 Å². The second kappa shape index (κ2) is 6.52. The average Bonchev–Trinajstić information content (AvgIpc) is 2.50. The molecule has 0 saturated heterocycles. The van der Waals surface area contributed by atoms with E-state index in [1.54, 1.807) is 24.3 Å². The molecule has 2 aromatic carbocycles.